The highest BCUT2D eigenvalue weighted by Crippen LogP contribution is 2.18. The van der Waals surface area contributed by atoms with E-state index in [2.05, 4.69) is 16.6 Å². The van der Waals surface area contributed by atoms with Gasteiger partial charge in [-0.2, -0.15) is 5.10 Å². The molecule has 0 bridgehead atoms. The Bertz CT molecular complexity index is 487. The van der Waals surface area contributed by atoms with Gasteiger partial charge in [-0.15, -0.1) is 0 Å². The average molecular weight is 247 g/mol. The summed E-state index contributed by atoms with van der Waals surface area (Å²) in [4.78, 5) is 0. The van der Waals surface area contributed by atoms with E-state index in [1.54, 1.807) is 0 Å². The fraction of sp³-hybridized carbons (Fsp3) is 0.500. The van der Waals surface area contributed by atoms with E-state index in [1.165, 1.54) is 5.69 Å². The van der Waals surface area contributed by atoms with Crippen LogP contribution in [0.2, 0.25) is 0 Å². The molecule has 2 rings (SSSR count). The Morgan fingerprint density at radius 2 is 2.22 bits per heavy atom. The normalized spacial score (nSPS) is 12.8. The van der Waals surface area contributed by atoms with Crippen LogP contribution in [0.4, 0.5) is 0 Å². The number of hydrogen-bond acceptors (Lipinski definition) is 2. The van der Waals surface area contributed by atoms with Crippen molar-refractivity contribution in [3.63, 3.8) is 0 Å². The second-order valence-corrected chi connectivity index (χ2v) is 4.68. The Morgan fingerprint density at radius 3 is 2.89 bits per heavy atom. The lowest BCUT2D eigenvalue weighted by atomic mass is 10.1. The van der Waals surface area contributed by atoms with E-state index >= 15 is 0 Å². The molecule has 0 fully saturated rings. The quantitative estimate of drug-likeness (QED) is 0.851. The maximum Gasteiger partial charge on any atom is 0.0804 e. The van der Waals surface area contributed by atoms with E-state index in [-0.39, 0.29) is 6.10 Å². The largest absolute Gasteiger partial charge is 0.388 e. The first-order valence-corrected chi connectivity index (χ1v) is 6.51. The third-order valence-corrected chi connectivity index (χ3v) is 3.27. The summed E-state index contributed by atoms with van der Waals surface area (Å²) >= 11 is 0. The van der Waals surface area contributed by atoms with Crippen molar-refractivity contribution in [1.29, 1.82) is 0 Å². The highest BCUT2D eigenvalue weighted by molar-refractivity contribution is 5.13. The van der Waals surface area contributed by atoms with Crippen LogP contribution < -0.4 is 0 Å². The smallest absolute Gasteiger partial charge is 0.0804 e. The van der Waals surface area contributed by atoms with Crippen LogP contribution in [0.1, 0.15) is 37.1 Å². The van der Waals surface area contributed by atoms with Gasteiger partial charge in [0.25, 0.3) is 0 Å². The number of nitrogens with zero attached hydrogens (tertiary/aromatic N) is 3. The van der Waals surface area contributed by atoms with Crippen LogP contribution in [0.25, 0.3) is 0 Å². The minimum Gasteiger partial charge on any atom is -0.388 e. The van der Waals surface area contributed by atoms with Gasteiger partial charge in [-0.1, -0.05) is 13.3 Å². The molecular formula is C14H21N3O. The van der Waals surface area contributed by atoms with E-state index < -0.39 is 0 Å². The van der Waals surface area contributed by atoms with Crippen molar-refractivity contribution in [1.82, 2.24) is 14.3 Å². The first kappa shape index (κ1) is 12.9. The molecule has 1 N–H and O–H groups in total. The first-order valence-electron chi connectivity index (χ1n) is 6.51. The molecule has 1 atom stereocenters. The predicted octanol–water partition coefficient (Wildman–Crippen LogP) is 2.30. The molecule has 4 nitrogen and oxygen atoms in total. The van der Waals surface area contributed by atoms with Gasteiger partial charge < -0.3 is 9.67 Å². The number of aliphatic hydroxyl groups excluding tert-OH is 1. The van der Waals surface area contributed by atoms with Crippen molar-refractivity contribution >= 4 is 0 Å². The van der Waals surface area contributed by atoms with Gasteiger partial charge >= 0.3 is 0 Å². The number of aliphatic hydroxyl groups is 1. The molecule has 0 saturated carbocycles. The van der Waals surface area contributed by atoms with Crippen molar-refractivity contribution in [2.45, 2.75) is 38.8 Å². The summed E-state index contributed by atoms with van der Waals surface area (Å²) in [6, 6.07) is 4.04. The van der Waals surface area contributed by atoms with Gasteiger partial charge in [-0.3, -0.25) is 4.68 Å². The summed E-state index contributed by atoms with van der Waals surface area (Å²) in [7, 11) is 1.96. The van der Waals surface area contributed by atoms with E-state index in [4.69, 9.17) is 0 Å². The average Bonchev–Trinajstić information content (AvgIpc) is 2.96. The van der Waals surface area contributed by atoms with Crippen LogP contribution in [0.5, 0.6) is 0 Å². The van der Waals surface area contributed by atoms with Gasteiger partial charge in [0.05, 0.1) is 6.10 Å². The van der Waals surface area contributed by atoms with Gasteiger partial charge in [-0.25, -0.2) is 0 Å². The fourth-order valence-electron chi connectivity index (χ4n) is 2.13. The maximum absolute atomic E-state index is 9.90. The van der Waals surface area contributed by atoms with Crippen LogP contribution in [-0.2, 0) is 20.0 Å². The van der Waals surface area contributed by atoms with Gasteiger partial charge in [0.1, 0.15) is 0 Å². The van der Waals surface area contributed by atoms with Crippen molar-refractivity contribution in [3.05, 3.63) is 42.0 Å². The Balaban J connectivity index is 1.93. The minimum atomic E-state index is -0.326. The monoisotopic (exact) mass is 247 g/mol. The first-order chi connectivity index (χ1) is 8.70. The highest BCUT2D eigenvalue weighted by Gasteiger charge is 2.08. The highest BCUT2D eigenvalue weighted by atomic mass is 16.3. The molecule has 0 radical (unpaired) electrons. The minimum absolute atomic E-state index is 0.326. The molecule has 0 saturated heterocycles. The number of aromatic nitrogens is 3. The second kappa shape index (κ2) is 5.87. The van der Waals surface area contributed by atoms with Crippen LogP contribution in [0, 0.1) is 0 Å². The molecule has 2 aromatic heterocycles. The Morgan fingerprint density at radius 1 is 1.39 bits per heavy atom. The zero-order valence-electron chi connectivity index (χ0n) is 11.1. The fourth-order valence-corrected chi connectivity index (χ4v) is 2.13. The molecule has 1 unspecified atom stereocenters. The van der Waals surface area contributed by atoms with E-state index in [0.29, 0.717) is 0 Å². The third-order valence-electron chi connectivity index (χ3n) is 3.27. The number of rotatable bonds is 6. The van der Waals surface area contributed by atoms with E-state index in [0.717, 1.165) is 31.4 Å². The molecule has 0 spiro atoms. The molecule has 0 aliphatic rings. The number of hydrogen-bond donors (Lipinski definition) is 1. The third kappa shape index (κ3) is 3.01. The standard InChI is InChI=1S/C14H21N3O/c1-3-4-14(18)12-6-9-17(11-12)10-7-13-5-8-15-16(13)2/h5-6,8-9,11,14,18H,3-4,7,10H2,1-2H3. The number of aryl methyl sites for hydroxylation is 3. The molecular weight excluding hydrogens is 226 g/mol. The molecule has 2 heterocycles. The summed E-state index contributed by atoms with van der Waals surface area (Å²) < 4.78 is 4.03. The summed E-state index contributed by atoms with van der Waals surface area (Å²) in [6.45, 7) is 3.00. The zero-order valence-corrected chi connectivity index (χ0v) is 11.1. The topological polar surface area (TPSA) is 43.0 Å². The molecule has 0 aromatic carbocycles. The Labute approximate surface area is 108 Å². The molecule has 2 aromatic rings. The van der Waals surface area contributed by atoms with E-state index in [1.807, 2.05) is 42.5 Å². The molecule has 18 heavy (non-hydrogen) atoms. The lowest BCUT2D eigenvalue weighted by molar-refractivity contribution is 0.166. The van der Waals surface area contributed by atoms with Crippen molar-refractivity contribution < 1.29 is 5.11 Å². The van der Waals surface area contributed by atoms with Crippen molar-refractivity contribution in [3.8, 4) is 0 Å². The van der Waals surface area contributed by atoms with Crippen LogP contribution in [-0.4, -0.2) is 19.5 Å². The summed E-state index contributed by atoms with van der Waals surface area (Å²) in [5.41, 5.74) is 2.24. The van der Waals surface area contributed by atoms with Gasteiger partial charge in [0.15, 0.2) is 0 Å². The summed E-state index contributed by atoms with van der Waals surface area (Å²) in [5.74, 6) is 0. The lowest BCUT2D eigenvalue weighted by Gasteiger charge is -2.07. The summed E-state index contributed by atoms with van der Waals surface area (Å²) in [6.07, 6.45) is 8.34. The molecule has 0 aliphatic heterocycles. The maximum atomic E-state index is 9.90. The Hall–Kier alpha value is -1.55. The molecule has 0 aliphatic carbocycles. The van der Waals surface area contributed by atoms with E-state index in [9.17, 15) is 5.11 Å². The molecule has 0 amide bonds. The van der Waals surface area contributed by atoms with Crippen LogP contribution in [0.3, 0.4) is 0 Å². The predicted molar refractivity (Wildman–Crippen MR) is 71.2 cm³/mol. The Kier molecular flexibility index (Phi) is 4.20. The molecule has 4 heteroatoms. The van der Waals surface area contributed by atoms with Crippen molar-refractivity contribution in [2.75, 3.05) is 0 Å². The van der Waals surface area contributed by atoms with Crippen LogP contribution >= 0.6 is 0 Å². The molecule has 98 valence electrons. The second-order valence-electron chi connectivity index (χ2n) is 4.68. The zero-order chi connectivity index (χ0) is 13.0. The summed E-state index contributed by atoms with van der Waals surface area (Å²) in [5, 5.41) is 14.1. The lowest BCUT2D eigenvalue weighted by Crippen LogP contribution is -2.04. The van der Waals surface area contributed by atoms with Crippen molar-refractivity contribution in [2.24, 2.45) is 7.05 Å². The van der Waals surface area contributed by atoms with Gasteiger partial charge in [0.2, 0.25) is 0 Å². The van der Waals surface area contributed by atoms with Gasteiger partial charge in [-0.05, 0) is 24.1 Å². The van der Waals surface area contributed by atoms with Crippen LogP contribution in [0.15, 0.2) is 30.7 Å². The van der Waals surface area contributed by atoms with Gasteiger partial charge in [0, 0.05) is 44.3 Å². The SMILES string of the molecule is CCCC(O)c1ccn(CCc2ccnn2C)c1.